The Morgan fingerprint density at radius 3 is 2.56 bits per heavy atom. The lowest BCUT2D eigenvalue weighted by Gasteiger charge is -2.34. The number of nitrogens with zero attached hydrogens (tertiary/aromatic N) is 4. The van der Waals surface area contributed by atoms with Gasteiger partial charge in [0, 0.05) is 38.6 Å². The van der Waals surface area contributed by atoms with Crippen molar-refractivity contribution in [3.8, 4) is 0 Å². The summed E-state index contributed by atoms with van der Waals surface area (Å²) in [7, 11) is 0. The molecular formula is C20H27N5O2. The molecule has 0 unspecified atom stereocenters. The van der Waals surface area contributed by atoms with E-state index in [2.05, 4.69) is 22.1 Å². The van der Waals surface area contributed by atoms with E-state index in [-0.39, 0.29) is 11.8 Å². The zero-order chi connectivity index (χ0) is 18.8. The molecule has 7 heteroatoms. The van der Waals surface area contributed by atoms with Crippen molar-refractivity contribution in [3.05, 3.63) is 30.1 Å². The quantitative estimate of drug-likeness (QED) is 0.825. The van der Waals surface area contributed by atoms with E-state index in [1.54, 1.807) is 0 Å². The Bertz CT molecular complexity index is 834. The number of aryl methyl sites for hydroxylation is 1. The summed E-state index contributed by atoms with van der Waals surface area (Å²) in [5.41, 5.74) is 1.95. The molecule has 2 fully saturated rings. The van der Waals surface area contributed by atoms with Crippen LogP contribution in [0.15, 0.2) is 24.3 Å². The van der Waals surface area contributed by atoms with Crippen LogP contribution in [0, 0.1) is 0 Å². The first kappa shape index (κ1) is 18.0. The van der Waals surface area contributed by atoms with Crippen molar-refractivity contribution < 1.29 is 9.59 Å². The molecule has 1 N–H and O–H groups in total. The van der Waals surface area contributed by atoms with E-state index in [0.29, 0.717) is 32.2 Å². The van der Waals surface area contributed by atoms with Crippen LogP contribution in [0.25, 0.3) is 11.0 Å². The summed E-state index contributed by atoms with van der Waals surface area (Å²) >= 11 is 0. The molecule has 1 saturated heterocycles. The number of piperazine rings is 1. The van der Waals surface area contributed by atoms with Crippen LogP contribution in [0.1, 0.15) is 25.6 Å². The molecule has 1 aromatic heterocycles. The van der Waals surface area contributed by atoms with Crippen molar-refractivity contribution in [2.24, 2.45) is 0 Å². The molecule has 2 amide bonds. The standard InChI is InChI=1S/C20H27N5O2/c1-2-18-22-16-5-3-4-6-17(16)25(18)14-20(27)24-11-9-23(10-12-24)13-19(26)21-15-7-8-15/h3-6,15H,2,7-14H2,1H3,(H,21,26). The predicted octanol–water partition coefficient (Wildman–Crippen LogP) is 1.02. The fourth-order valence-electron chi connectivity index (χ4n) is 3.67. The zero-order valence-corrected chi connectivity index (χ0v) is 15.9. The van der Waals surface area contributed by atoms with Gasteiger partial charge in [0.15, 0.2) is 0 Å². The molecule has 1 aliphatic heterocycles. The lowest BCUT2D eigenvalue weighted by molar-refractivity contribution is -0.133. The Labute approximate surface area is 159 Å². The number of hydrogen-bond donors (Lipinski definition) is 1. The number of nitrogens with one attached hydrogen (secondary N) is 1. The Balaban J connectivity index is 1.34. The maximum Gasteiger partial charge on any atom is 0.242 e. The highest BCUT2D eigenvalue weighted by molar-refractivity contribution is 5.81. The van der Waals surface area contributed by atoms with Gasteiger partial charge in [0.2, 0.25) is 11.8 Å². The SMILES string of the molecule is CCc1nc2ccccc2n1CC(=O)N1CCN(CC(=O)NC2CC2)CC1. The minimum atomic E-state index is 0.106. The van der Waals surface area contributed by atoms with Gasteiger partial charge < -0.3 is 14.8 Å². The Kier molecular flexibility index (Phi) is 5.11. The molecule has 2 aliphatic rings. The van der Waals surface area contributed by atoms with Gasteiger partial charge in [0.1, 0.15) is 12.4 Å². The van der Waals surface area contributed by atoms with Gasteiger partial charge >= 0.3 is 0 Å². The molecule has 1 aliphatic carbocycles. The first-order chi connectivity index (χ1) is 13.1. The first-order valence-corrected chi connectivity index (χ1v) is 9.87. The normalized spacial score (nSPS) is 18.0. The number of amides is 2. The second-order valence-electron chi connectivity index (χ2n) is 7.46. The van der Waals surface area contributed by atoms with Crippen molar-refractivity contribution in [2.75, 3.05) is 32.7 Å². The average Bonchev–Trinajstić information content (AvgIpc) is 3.42. The van der Waals surface area contributed by atoms with Gasteiger partial charge in [0.05, 0.1) is 17.6 Å². The van der Waals surface area contributed by atoms with Crippen LogP contribution in [0.4, 0.5) is 0 Å². The van der Waals surface area contributed by atoms with E-state index in [0.717, 1.165) is 49.2 Å². The molecule has 1 aromatic carbocycles. The molecule has 144 valence electrons. The highest BCUT2D eigenvalue weighted by Crippen LogP contribution is 2.19. The fourth-order valence-corrected chi connectivity index (χ4v) is 3.67. The third kappa shape index (κ3) is 4.13. The summed E-state index contributed by atoms with van der Waals surface area (Å²) < 4.78 is 2.03. The van der Waals surface area contributed by atoms with Gasteiger partial charge in [-0.3, -0.25) is 14.5 Å². The minimum Gasteiger partial charge on any atom is -0.352 e. The molecule has 4 rings (SSSR count). The van der Waals surface area contributed by atoms with Gasteiger partial charge in [-0.1, -0.05) is 19.1 Å². The maximum absolute atomic E-state index is 12.8. The van der Waals surface area contributed by atoms with E-state index >= 15 is 0 Å². The third-order valence-corrected chi connectivity index (χ3v) is 5.38. The summed E-state index contributed by atoms with van der Waals surface area (Å²) in [5.74, 6) is 1.17. The summed E-state index contributed by atoms with van der Waals surface area (Å²) in [5, 5.41) is 3.02. The summed E-state index contributed by atoms with van der Waals surface area (Å²) in [6.07, 6.45) is 3.01. The Morgan fingerprint density at radius 2 is 1.85 bits per heavy atom. The van der Waals surface area contributed by atoms with Crippen LogP contribution >= 0.6 is 0 Å². The molecule has 0 atom stereocenters. The molecule has 2 heterocycles. The third-order valence-electron chi connectivity index (χ3n) is 5.38. The van der Waals surface area contributed by atoms with Gasteiger partial charge in [-0.05, 0) is 25.0 Å². The van der Waals surface area contributed by atoms with Crippen molar-refractivity contribution in [2.45, 2.75) is 38.8 Å². The lowest BCUT2D eigenvalue weighted by atomic mass is 10.3. The number of carbonyl (C=O) groups excluding carboxylic acids is 2. The highest BCUT2D eigenvalue weighted by atomic mass is 16.2. The van der Waals surface area contributed by atoms with Crippen LogP contribution in [0.3, 0.4) is 0 Å². The summed E-state index contributed by atoms with van der Waals surface area (Å²) in [6.45, 7) is 5.65. The van der Waals surface area contributed by atoms with E-state index in [1.165, 1.54) is 0 Å². The number of aromatic nitrogens is 2. The van der Waals surface area contributed by atoms with Crippen LogP contribution in [-0.4, -0.2) is 69.9 Å². The highest BCUT2D eigenvalue weighted by Gasteiger charge is 2.26. The number of hydrogen-bond acceptors (Lipinski definition) is 4. The minimum absolute atomic E-state index is 0.106. The molecule has 27 heavy (non-hydrogen) atoms. The molecule has 2 aromatic rings. The molecule has 0 radical (unpaired) electrons. The van der Waals surface area contributed by atoms with Crippen LogP contribution in [0.2, 0.25) is 0 Å². The number of rotatable bonds is 6. The van der Waals surface area contributed by atoms with Crippen LogP contribution in [0.5, 0.6) is 0 Å². The first-order valence-electron chi connectivity index (χ1n) is 9.87. The van der Waals surface area contributed by atoms with Gasteiger partial charge in [0.25, 0.3) is 0 Å². The largest absolute Gasteiger partial charge is 0.352 e. The molecule has 0 spiro atoms. The number of carbonyl (C=O) groups is 2. The van der Waals surface area contributed by atoms with E-state index in [4.69, 9.17) is 0 Å². The lowest BCUT2D eigenvalue weighted by Crippen LogP contribution is -2.51. The van der Waals surface area contributed by atoms with Crippen molar-refractivity contribution >= 4 is 22.8 Å². The Morgan fingerprint density at radius 1 is 1.11 bits per heavy atom. The molecular weight excluding hydrogens is 342 g/mol. The smallest absolute Gasteiger partial charge is 0.242 e. The Hall–Kier alpha value is -2.41. The van der Waals surface area contributed by atoms with Crippen LogP contribution < -0.4 is 5.32 Å². The van der Waals surface area contributed by atoms with E-state index < -0.39 is 0 Å². The number of imidazole rings is 1. The van der Waals surface area contributed by atoms with Crippen molar-refractivity contribution in [3.63, 3.8) is 0 Å². The van der Waals surface area contributed by atoms with Crippen molar-refractivity contribution in [1.29, 1.82) is 0 Å². The topological polar surface area (TPSA) is 70.5 Å². The number of para-hydroxylation sites is 2. The number of benzene rings is 1. The second-order valence-corrected chi connectivity index (χ2v) is 7.46. The second kappa shape index (κ2) is 7.68. The van der Waals surface area contributed by atoms with E-state index in [9.17, 15) is 9.59 Å². The summed E-state index contributed by atoms with van der Waals surface area (Å²) in [4.78, 5) is 33.5. The molecule has 1 saturated carbocycles. The number of fused-ring (bicyclic) bond motifs is 1. The molecule has 0 bridgehead atoms. The van der Waals surface area contributed by atoms with E-state index in [1.807, 2.05) is 33.7 Å². The van der Waals surface area contributed by atoms with Gasteiger partial charge in [-0.2, -0.15) is 0 Å². The predicted molar refractivity (Wildman–Crippen MR) is 103 cm³/mol. The fraction of sp³-hybridized carbons (Fsp3) is 0.550. The van der Waals surface area contributed by atoms with Gasteiger partial charge in [-0.15, -0.1) is 0 Å². The summed E-state index contributed by atoms with van der Waals surface area (Å²) in [6, 6.07) is 8.36. The van der Waals surface area contributed by atoms with Crippen LogP contribution in [-0.2, 0) is 22.6 Å². The monoisotopic (exact) mass is 369 g/mol. The average molecular weight is 369 g/mol. The maximum atomic E-state index is 12.8. The zero-order valence-electron chi connectivity index (χ0n) is 15.9. The van der Waals surface area contributed by atoms with Gasteiger partial charge in [-0.25, -0.2) is 4.98 Å². The van der Waals surface area contributed by atoms with Crippen molar-refractivity contribution in [1.82, 2.24) is 24.7 Å². The molecule has 7 nitrogen and oxygen atoms in total.